The van der Waals surface area contributed by atoms with Crippen LogP contribution in [0.25, 0.3) is 0 Å². The molecule has 1 fully saturated rings. The molecular weight excluding hydrogens is 392 g/mol. The van der Waals surface area contributed by atoms with Gasteiger partial charge in [-0.2, -0.15) is 5.26 Å². The fourth-order valence-electron chi connectivity index (χ4n) is 3.26. The third-order valence-corrected chi connectivity index (χ3v) is 4.72. The number of carboxylic acid groups (broad SMARTS) is 1. The van der Waals surface area contributed by atoms with Gasteiger partial charge in [0, 0.05) is 43.2 Å². The number of piperidine rings is 1. The number of methoxy groups -OCH3 is 1. The number of nitro benzene ring substituents is 1. The quantitative estimate of drug-likeness (QED) is 0.561. The van der Waals surface area contributed by atoms with Gasteiger partial charge < -0.3 is 19.5 Å². The predicted octanol–water partition coefficient (Wildman–Crippen LogP) is 3.16. The molecule has 11 heteroatoms. The number of ether oxygens (including phenoxy) is 2. The number of nitro groups is 1. The SMILES string of the molecule is COCC(C)(C)c1cc([N+](=O)[O-])c(C#N)cc1O[C@@H]1CCN(C(=O)O)CC1(F)F. The molecule has 158 valence electrons. The lowest BCUT2D eigenvalue weighted by Crippen LogP contribution is -2.55. The number of carbonyl (C=O) groups is 1. The van der Waals surface area contributed by atoms with E-state index in [1.165, 1.54) is 7.11 Å². The highest BCUT2D eigenvalue weighted by Crippen LogP contribution is 2.40. The van der Waals surface area contributed by atoms with Crippen LogP contribution in [0.5, 0.6) is 5.75 Å². The number of halogens is 2. The van der Waals surface area contributed by atoms with E-state index in [1.54, 1.807) is 19.9 Å². The Kier molecular flexibility index (Phi) is 6.27. The van der Waals surface area contributed by atoms with Gasteiger partial charge in [-0.05, 0) is 0 Å². The molecule has 0 saturated carbocycles. The van der Waals surface area contributed by atoms with E-state index in [9.17, 15) is 29.0 Å². The molecule has 0 aliphatic carbocycles. The molecule has 0 unspecified atom stereocenters. The van der Waals surface area contributed by atoms with Crippen LogP contribution in [0, 0.1) is 21.4 Å². The second-order valence-corrected chi connectivity index (χ2v) is 7.41. The minimum Gasteiger partial charge on any atom is -0.484 e. The number of nitriles is 1. The van der Waals surface area contributed by atoms with Crippen molar-refractivity contribution >= 4 is 11.8 Å². The Bertz CT molecular complexity index is 853. The highest BCUT2D eigenvalue weighted by Gasteiger charge is 2.48. The minimum atomic E-state index is -3.48. The molecule has 1 aromatic carbocycles. The van der Waals surface area contributed by atoms with Crippen molar-refractivity contribution in [3.8, 4) is 11.8 Å². The molecule has 1 aliphatic heterocycles. The molecule has 0 spiro atoms. The summed E-state index contributed by atoms with van der Waals surface area (Å²) in [6.45, 7) is 2.33. The van der Waals surface area contributed by atoms with Crippen LogP contribution in [0.3, 0.4) is 0 Å². The van der Waals surface area contributed by atoms with Gasteiger partial charge in [-0.15, -0.1) is 0 Å². The number of hydrogen-bond donors (Lipinski definition) is 1. The van der Waals surface area contributed by atoms with Crippen molar-refractivity contribution in [2.75, 3.05) is 26.8 Å². The zero-order valence-electron chi connectivity index (χ0n) is 16.1. The second kappa shape index (κ2) is 8.16. The normalized spacial score (nSPS) is 18.8. The number of benzene rings is 1. The van der Waals surface area contributed by atoms with Gasteiger partial charge in [-0.25, -0.2) is 13.6 Å². The standard InChI is InChI=1S/C18H21F2N3O6/c1-17(2,10-28-3)12-7-13(23(26)27)11(8-21)6-14(12)29-15-4-5-22(16(24)25)9-18(15,19)20/h6-7,15H,4-5,9-10H2,1-3H3,(H,24,25)/t15-/m1/s1. The highest BCUT2D eigenvalue weighted by atomic mass is 19.3. The van der Waals surface area contributed by atoms with Crippen LogP contribution in [-0.2, 0) is 10.2 Å². The van der Waals surface area contributed by atoms with Crippen molar-refractivity contribution in [1.82, 2.24) is 4.90 Å². The molecular formula is C18H21F2N3O6. The fourth-order valence-corrected chi connectivity index (χ4v) is 3.26. The lowest BCUT2D eigenvalue weighted by atomic mass is 9.83. The lowest BCUT2D eigenvalue weighted by Gasteiger charge is -2.38. The summed E-state index contributed by atoms with van der Waals surface area (Å²) >= 11 is 0. The highest BCUT2D eigenvalue weighted by molar-refractivity contribution is 5.65. The van der Waals surface area contributed by atoms with Gasteiger partial charge in [0.05, 0.1) is 18.1 Å². The van der Waals surface area contributed by atoms with E-state index in [1.807, 2.05) is 0 Å². The number of hydrogen-bond acceptors (Lipinski definition) is 6. The zero-order valence-corrected chi connectivity index (χ0v) is 16.1. The minimum absolute atomic E-state index is 0.0948. The number of alkyl halides is 2. The summed E-state index contributed by atoms with van der Waals surface area (Å²) in [5.41, 5.74) is -1.40. The van der Waals surface area contributed by atoms with Crippen LogP contribution in [-0.4, -0.2) is 59.9 Å². The molecule has 1 aromatic rings. The smallest absolute Gasteiger partial charge is 0.407 e. The van der Waals surface area contributed by atoms with E-state index in [-0.39, 0.29) is 36.4 Å². The second-order valence-electron chi connectivity index (χ2n) is 7.41. The van der Waals surface area contributed by atoms with Gasteiger partial charge in [-0.1, -0.05) is 13.8 Å². The largest absolute Gasteiger partial charge is 0.484 e. The summed E-state index contributed by atoms with van der Waals surface area (Å²) in [4.78, 5) is 22.2. The molecule has 9 nitrogen and oxygen atoms in total. The zero-order chi connectivity index (χ0) is 22.0. The van der Waals surface area contributed by atoms with Gasteiger partial charge >= 0.3 is 12.0 Å². The van der Waals surface area contributed by atoms with Crippen molar-refractivity contribution in [1.29, 1.82) is 5.26 Å². The van der Waals surface area contributed by atoms with Gasteiger partial charge in [0.2, 0.25) is 0 Å². The average Bonchev–Trinajstić information content (AvgIpc) is 2.62. The molecule has 1 heterocycles. The van der Waals surface area contributed by atoms with Crippen molar-refractivity contribution in [3.05, 3.63) is 33.4 Å². The van der Waals surface area contributed by atoms with Crippen LogP contribution in [0.4, 0.5) is 19.3 Å². The van der Waals surface area contributed by atoms with E-state index in [4.69, 9.17) is 14.6 Å². The maximum absolute atomic E-state index is 14.5. The molecule has 1 saturated heterocycles. The summed E-state index contributed by atoms with van der Waals surface area (Å²) in [5.74, 6) is -3.57. The van der Waals surface area contributed by atoms with Crippen LogP contribution in [0.1, 0.15) is 31.4 Å². The van der Waals surface area contributed by atoms with Crippen molar-refractivity contribution < 1.29 is 33.1 Å². The van der Waals surface area contributed by atoms with E-state index in [2.05, 4.69) is 0 Å². The predicted molar refractivity (Wildman–Crippen MR) is 96.3 cm³/mol. The van der Waals surface area contributed by atoms with Crippen LogP contribution < -0.4 is 4.74 Å². The Morgan fingerprint density at radius 3 is 2.66 bits per heavy atom. The average molecular weight is 413 g/mol. The number of rotatable bonds is 6. The third kappa shape index (κ3) is 4.71. The molecule has 1 atom stereocenters. The number of likely N-dealkylation sites (tertiary alicyclic amines) is 1. The van der Waals surface area contributed by atoms with E-state index >= 15 is 0 Å². The van der Waals surface area contributed by atoms with Crippen molar-refractivity contribution in [2.24, 2.45) is 0 Å². The lowest BCUT2D eigenvalue weighted by molar-refractivity contribution is -0.385. The first-order chi connectivity index (χ1) is 13.4. The molecule has 0 radical (unpaired) electrons. The topological polar surface area (TPSA) is 126 Å². The van der Waals surface area contributed by atoms with E-state index < -0.39 is 40.7 Å². The van der Waals surface area contributed by atoms with Gasteiger partial charge in [0.1, 0.15) is 17.4 Å². The maximum atomic E-state index is 14.5. The summed E-state index contributed by atoms with van der Waals surface area (Å²) < 4.78 is 39.7. The van der Waals surface area contributed by atoms with Gasteiger partial charge in [0.15, 0.2) is 6.10 Å². The molecule has 1 amide bonds. The Morgan fingerprint density at radius 2 is 2.17 bits per heavy atom. The first kappa shape index (κ1) is 22.3. The van der Waals surface area contributed by atoms with Crippen molar-refractivity contribution in [3.63, 3.8) is 0 Å². The first-order valence-electron chi connectivity index (χ1n) is 8.67. The summed E-state index contributed by atoms with van der Waals surface area (Å²) in [6, 6.07) is 3.89. The Morgan fingerprint density at radius 1 is 1.52 bits per heavy atom. The van der Waals surface area contributed by atoms with E-state index in [0.29, 0.717) is 4.90 Å². The molecule has 2 rings (SSSR count). The Balaban J connectivity index is 2.49. The maximum Gasteiger partial charge on any atom is 0.407 e. The van der Waals surface area contributed by atoms with E-state index in [0.717, 1.165) is 12.1 Å². The van der Waals surface area contributed by atoms with Crippen LogP contribution in [0.15, 0.2) is 12.1 Å². The Hall–Kier alpha value is -3.00. The third-order valence-electron chi connectivity index (χ3n) is 4.72. The molecule has 0 bridgehead atoms. The first-order valence-corrected chi connectivity index (χ1v) is 8.67. The summed E-state index contributed by atoms with van der Waals surface area (Å²) in [5, 5.41) is 29.5. The summed E-state index contributed by atoms with van der Waals surface area (Å²) in [6.07, 6.45) is -3.38. The molecule has 0 aromatic heterocycles. The van der Waals surface area contributed by atoms with Crippen LogP contribution in [0.2, 0.25) is 0 Å². The van der Waals surface area contributed by atoms with Crippen LogP contribution >= 0.6 is 0 Å². The summed E-state index contributed by atoms with van der Waals surface area (Å²) in [7, 11) is 1.43. The number of amides is 1. The van der Waals surface area contributed by atoms with Crippen molar-refractivity contribution in [2.45, 2.75) is 37.7 Å². The van der Waals surface area contributed by atoms with Gasteiger partial charge in [0.25, 0.3) is 5.69 Å². The molecule has 1 N–H and O–H groups in total. The number of nitrogens with zero attached hydrogens (tertiary/aromatic N) is 3. The molecule has 1 aliphatic rings. The molecule has 29 heavy (non-hydrogen) atoms. The Labute approximate surface area is 165 Å². The monoisotopic (exact) mass is 413 g/mol. The van der Waals surface area contributed by atoms with Gasteiger partial charge in [-0.3, -0.25) is 10.1 Å². The fraction of sp³-hybridized carbons (Fsp3) is 0.556.